The van der Waals surface area contributed by atoms with Gasteiger partial charge in [-0.25, -0.2) is 0 Å². The lowest BCUT2D eigenvalue weighted by molar-refractivity contribution is -0.133. The molecule has 41 heavy (non-hydrogen) atoms. The maximum absolute atomic E-state index is 13.9. The van der Waals surface area contributed by atoms with E-state index in [2.05, 4.69) is 65.0 Å². The first kappa shape index (κ1) is 28.0. The molecular weight excluding hydrogens is 510 g/mol. The number of rotatable bonds is 6. The van der Waals surface area contributed by atoms with E-state index in [-0.39, 0.29) is 11.8 Å². The fourth-order valence-corrected chi connectivity index (χ4v) is 7.32. The van der Waals surface area contributed by atoms with Gasteiger partial charge in [0.15, 0.2) is 0 Å². The number of likely N-dealkylation sites (tertiary alicyclic amines) is 2. The Morgan fingerprint density at radius 1 is 0.756 bits per heavy atom. The molecule has 7 nitrogen and oxygen atoms in total. The Labute approximate surface area is 244 Å². The summed E-state index contributed by atoms with van der Waals surface area (Å²) in [7, 11) is 0. The van der Waals surface area contributed by atoms with Gasteiger partial charge in [0.1, 0.15) is 5.69 Å². The molecular formula is C34H45N5O2. The highest BCUT2D eigenvalue weighted by Crippen LogP contribution is 2.34. The molecule has 2 aromatic carbocycles. The van der Waals surface area contributed by atoms with Gasteiger partial charge < -0.3 is 14.8 Å². The van der Waals surface area contributed by atoms with E-state index in [9.17, 15) is 9.59 Å². The first-order chi connectivity index (χ1) is 20.0. The number of nitrogens with zero attached hydrogens (tertiary/aromatic N) is 4. The smallest absolute Gasteiger partial charge is 0.270 e. The molecule has 0 atom stereocenters. The number of fused-ring (bicyclic) bond motifs is 1. The Kier molecular flexibility index (Phi) is 8.45. The summed E-state index contributed by atoms with van der Waals surface area (Å²) >= 11 is 0. The van der Waals surface area contributed by atoms with E-state index in [1.54, 1.807) is 0 Å². The van der Waals surface area contributed by atoms with Gasteiger partial charge in [-0.15, -0.1) is 0 Å². The monoisotopic (exact) mass is 555 g/mol. The minimum absolute atomic E-state index is 0.0867. The molecule has 2 amide bonds. The summed E-state index contributed by atoms with van der Waals surface area (Å²) in [6.07, 6.45) is 5.76. The first-order valence-corrected chi connectivity index (χ1v) is 15.7. The lowest BCUT2D eigenvalue weighted by Gasteiger charge is -2.36. The van der Waals surface area contributed by atoms with Crippen LogP contribution in [0.4, 0.5) is 0 Å². The fraction of sp³-hybridized carbons (Fsp3) is 0.529. The number of aromatic amines is 1. The van der Waals surface area contributed by atoms with Crippen LogP contribution in [-0.2, 0) is 11.3 Å². The standard InChI is InChI=1S/C34H45N5O2/c1-25-9-8-10-26(2)32(25)27-13-17-36(18-14-27)23-29-28-11-4-5-12-30(28)35-33(29)34(41)39-21-19-37(20-22-39)24-31(40)38-15-6-3-7-16-38/h4-5,8-12,27,35H,3,6-7,13-24H2,1-2H3. The van der Waals surface area contributed by atoms with E-state index < -0.39 is 0 Å². The maximum Gasteiger partial charge on any atom is 0.270 e. The normalized spacial score (nSPS) is 19.7. The van der Waals surface area contributed by atoms with Gasteiger partial charge in [-0.1, -0.05) is 36.4 Å². The summed E-state index contributed by atoms with van der Waals surface area (Å²) < 4.78 is 0. The van der Waals surface area contributed by atoms with E-state index in [1.807, 2.05) is 15.9 Å². The zero-order valence-electron chi connectivity index (χ0n) is 24.8. The van der Waals surface area contributed by atoms with Gasteiger partial charge in [0.05, 0.1) is 6.54 Å². The highest BCUT2D eigenvalue weighted by atomic mass is 16.2. The van der Waals surface area contributed by atoms with Crippen molar-refractivity contribution in [3.63, 3.8) is 0 Å². The highest BCUT2D eigenvalue weighted by molar-refractivity contribution is 6.01. The second kappa shape index (κ2) is 12.4. The predicted molar refractivity (Wildman–Crippen MR) is 164 cm³/mol. The number of H-pyrrole nitrogens is 1. The van der Waals surface area contributed by atoms with Crippen molar-refractivity contribution in [2.24, 2.45) is 0 Å². The number of aryl methyl sites for hydroxylation is 2. The molecule has 1 N–H and O–H groups in total. The van der Waals surface area contributed by atoms with E-state index in [0.29, 0.717) is 25.6 Å². The Morgan fingerprint density at radius 2 is 1.44 bits per heavy atom. The summed E-state index contributed by atoms with van der Waals surface area (Å²) in [5.74, 6) is 0.932. The molecule has 0 bridgehead atoms. The molecule has 3 saturated heterocycles. The van der Waals surface area contributed by atoms with Gasteiger partial charge in [0.25, 0.3) is 5.91 Å². The maximum atomic E-state index is 13.9. The minimum atomic E-state index is 0.0867. The third kappa shape index (κ3) is 6.07. The number of carbonyl (C=O) groups excluding carboxylic acids is 2. The van der Waals surface area contributed by atoms with Crippen LogP contribution < -0.4 is 0 Å². The largest absolute Gasteiger partial charge is 0.350 e. The number of aromatic nitrogens is 1. The van der Waals surface area contributed by atoms with E-state index in [0.717, 1.165) is 93.7 Å². The number of amides is 2. The molecule has 0 saturated carbocycles. The molecule has 3 aliphatic rings. The van der Waals surface area contributed by atoms with Crippen LogP contribution in [0.2, 0.25) is 0 Å². The Bertz CT molecular complexity index is 1350. The average molecular weight is 556 g/mol. The fourth-order valence-electron chi connectivity index (χ4n) is 7.32. The van der Waals surface area contributed by atoms with Gasteiger partial charge >= 0.3 is 0 Å². The van der Waals surface area contributed by atoms with Crippen molar-refractivity contribution in [3.8, 4) is 0 Å². The Balaban J connectivity index is 1.11. The molecule has 3 fully saturated rings. The van der Waals surface area contributed by atoms with Crippen molar-refractivity contribution in [1.82, 2.24) is 24.6 Å². The number of hydrogen-bond donors (Lipinski definition) is 1. The predicted octanol–water partition coefficient (Wildman–Crippen LogP) is 4.93. The third-order valence-electron chi connectivity index (χ3n) is 9.67. The van der Waals surface area contributed by atoms with E-state index >= 15 is 0 Å². The van der Waals surface area contributed by atoms with E-state index in [1.165, 1.54) is 23.1 Å². The van der Waals surface area contributed by atoms with Gasteiger partial charge in [-0.2, -0.15) is 0 Å². The van der Waals surface area contributed by atoms with Crippen LogP contribution in [0, 0.1) is 13.8 Å². The van der Waals surface area contributed by atoms with Gasteiger partial charge in [0, 0.05) is 62.3 Å². The molecule has 4 heterocycles. The lowest BCUT2D eigenvalue weighted by Crippen LogP contribution is -2.52. The summed E-state index contributed by atoms with van der Waals surface area (Å²) in [6.45, 7) is 12.4. The molecule has 0 spiro atoms. The molecule has 1 aromatic heterocycles. The van der Waals surface area contributed by atoms with Crippen molar-refractivity contribution >= 4 is 22.7 Å². The van der Waals surface area contributed by atoms with Crippen molar-refractivity contribution in [2.45, 2.75) is 58.4 Å². The number of hydrogen-bond acceptors (Lipinski definition) is 4. The second-order valence-electron chi connectivity index (χ2n) is 12.4. The molecule has 6 rings (SSSR count). The zero-order valence-corrected chi connectivity index (χ0v) is 24.8. The van der Waals surface area contributed by atoms with Gasteiger partial charge in [-0.05, 0) is 87.7 Å². The molecule has 0 radical (unpaired) electrons. The van der Waals surface area contributed by atoms with Crippen molar-refractivity contribution < 1.29 is 9.59 Å². The topological polar surface area (TPSA) is 62.9 Å². The van der Waals surface area contributed by atoms with Gasteiger partial charge in [0.2, 0.25) is 5.91 Å². The number of piperidine rings is 2. The van der Waals surface area contributed by atoms with Crippen molar-refractivity contribution in [2.75, 3.05) is 58.9 Å². The van der Waals surface area contributed by atoms with Crippen LogP contribution in [0.25, 0.3) is 10.9 Å². The van der Waals surface area contributed by atoms with Crippen LogP contribution in [-0.4, -0.2) is 95.3 Å². The second-order valence-corrected chi connectivity index (χ2v) is 12.4. The van der Waals surface area contributed by atoms with Crippen molar-refractivity contribution in [1.29, 1.82) is 0 Å². The molecule has 0 unspecified atom stereocenters. The number of para-hydroxylation sites is 1. The van der Waals surface area contributed by atoms with Crippen LogP contribution in [0.5, 0.6) is 0 Å². The summed E-state index contributed by atoms with van der Waals surface area (Å²) in [4.78, 5) is 38.9. The summed E-state index contributed by atoms with van der Waals surface area (Å²) in [6, 6.07) is 15.0. The molecule has 7 heteroatoms. The van der Waals surface area contributed by atoms with Crippen LogP contribution in [0.3, 0.4) is 0 Å². The number of benzene rings is 2. The molecule has 3 aliphatic heterocycles. The zero-order chi connectivity index (χ0) is 28.3. The van der Waals surface area contributed by atoms with Crippen LogP contribution >= 0.6 is 0 Å². The Hall–Kier alpha value is -3.16. The number of carbonyl (C=O) groups is 2. The van der Waals surface area contributed by atoms with Crippen molar-refractivity contribution in [3.05, 3.63) is 70.4 Å². The SMILES string of the molecule is Cc1cccc(C)c1C1CCN(Cc2c(C(=O)N3CCN(CC(=O)N4CCCCC4)CC3)[nH]c3ccccc23)CC1. The molecule has 3 aromatic rings. The third-order valence-corrected chi connectivity index (χ3v) is 9.67. The van der Waals surface area contributed by atoms with Crippen LogP contribution in [0.1, 0.15) is 70.8 Å². The molecule has 218 valence electrons. The quantitative estimate of drug-likeness (QED) is 0.468. The van der Waals surface area contributed by atoms with Crippen LogP contribution in [0.15, 0.2) is 42.5 Å². The summed E-state index contributed by atoms with van der Waals surface area (Å²) in [5.41, 5.74) is 7.24. The number of nitrogens with one attached hydrogen (secondary N) is 1. The lowest BCUT2D eigenvalue weighted by atomic mass is 9.84. The molecule has 0 aliphatic carbocycles. The minimum Gasteiger partial charge on any atom is -0.350 e. The summed E-state index contributed by atoms with van der Waals surface area (Å²) in [5, 5.41) is 1.15. The average Bonchev–Trinajstić information content (AvgIpc) is 3.36. The highest BCUT2D eigenvalue weighted by Gasteiger charge is 2.30. The first-order valence-electron chi connectivity index (χ1n) is 15.7. The number of piperazine rings is 1. The van der Waals surface area contributed by atoms with E-state index in [4.69, 9.17) is 0 Å². The van der Waals surface area contributed by atoms with Gasteiger partial charge in [-0.3, -0.25) is 19.4 Å². The Morgan fingerprint density at radius 3 is 2.15 bits per heavy atom.